The van der Waals surface area contributed by atoms with Crippen LogP contribution in [-0.2, 0) is 0 Å². The minimum Gasteiger partial charge on any atom is -0.351 e. The van der Waals surface area contributed by atoms with Crippen LogP contribution in [0.15, 0.2) is 106 Å². The summed E-state index contributed by atoms with van der Waals surface area (Å²) < 4.78 is 18.5. The van der Waals surface area contributed by atoms with Gasteiger partial charge in [0.2, 0.25) is 5.95 Å². The van der Waals surface area contributed by atoms with Crippen LogP contribution in [0.3, 0.4) is 0 Å². The summed E-state index contributed by atoms with van der Waals surface area (Å²) in [6.45, 7) is 0. The van der Waals surface area contributed by atoms with Gasteiger partial charge in [-0.15, -0.1) is 0 Å². The van der Waals surface area contributed by atoms with Crippen molar-refractivity contribution in [3.63, 3.8) is 0 Å². The molecule has 1 fully saturated rings. The number of hydrogen-bond donors (Lipinski definition) is 2. The van der Waals surface area contributed by atoms with Gasteiger partial charge in [-0.1, -0.05) is 67.4 Å². The van der Waals surface area contributed by atoms with Crippen LogP contribution in [0.25, 0.3) is 22.0 Å². The number of hydrogen-bond acceptors (Lipinski definition) is 7. The SMILES string of the molecule is Fc1cc(NSc2cccc3ccccc23)ccc1Sc1ccncc1-c1ccnc(NC2CCCCC2)n1. The molecule has 0 radical (unpaired) electrons. The molecule has 39 heavy (non-hydrogen) atoms. The van der Waals surface area contributed by atoms with Crippen LogP contribution in [0.5, 0.6) is 0 Å². The lowest BCUT2D eigenvalue weighted by Crippen LogP contribution is -2.23. The molecule has 8 heteroatoms. The first kappa shape index (κ1) is 25.6. The number of aromatic nitrogens is 3. The van der Waals surface area contributed by atoms with E-state index in [-0.39, 0.29) is 5.82 Å². The monoisotopic (exact) mass is 553 g/mol. The molecule has 5 aromatic rings. The molecule has 1 aliphatic rings. The Morgan fingerprint density at radius 1 is 0.821 bits per heavy atom. The number of pyridine rings is 1. The summed E-state index contributed by atoms with van der Waals surface area (Å²) in [5.41, 5.74) is 2.33. The van der Waals surface area contributed by atoms with Crippen molar-refractivity contribution in [2.24, 2.45) is 0 Å². The van der Waals surface area contributed by atoms with Gasteiger partial charge in [-0.25, -0.2) is 14.4 Å². The van der Waals surface area contributed by atoms with E-state index in [0.29, 0.717) is 22.6 Å². The average Bonchev–Trinajstić information content (AvgIpc) is 2.98. The maximum absolute atomic E-state index is 15.3. The Morgan fingerprint density at radius 3 is 2.59 bits per heavy atom. The average molecular weight is 554 g/mol. The topological polar surface area (TPSA) is 62.7 Å². The minimum absolute atomic E-state index is 0.284. The van der Waals surface area contributed by atoms with E-state index >= 15 is 4.39 Å². The Kier molecular flexibility index (Phi) is 7.93. The standard InChI is InChI=1S/C31H28FN5S2/c32-26-19-23(37-39-29-12-6-8-21-7-4-5-11-24(21)29)13-14-30(26)38-28-16-17-33-20-25(28)27-15-18-34-31(36-27)35-22-9-2-1-3-10-22/h4-8,11-20,22,37H,1-3,9-10H2,(H,34,35,36). The van der Waals surface area contributed by atoms with Crippen LogP contribution in [0.1, 0.15) is 32.1 Å². The number of rotatable bonds is 8. The number of nitrogens with one attached hydrogen (secondary N) is 2. The van der Waals surface area contributed by atoms with Gasteiger partial charge in [0.05, 0.1) is 5.69 Å². The van der Waals surface area contributed by atoms with Crippen LogP contribution in [0.2, 0.25) is 0 Å². The van der Waals surface area contributed by atoms with Crippen molar-refractivity contribution >= 4 is 46.1 Å². The van der Waals surface area contributed by atoms with Crippen LogP contribution < -0.4 is 10.0 Å². The van der Waals surface area contributed by atoms with Crippen molar-refractivity contribution in [3.8, 4) is 11.3 Å². The van der Waals surface area contributed by atoms with E-state index in [9.17, 15) is 0 Å². The first-order chi connectivity index (χ1) is 19.2. The molecule has 0 saturated heterocycles. The second-order valence-electron chi connectivity index (χ2n) is 9.55. The lowest BCUT2D eigenvalue weighted by Gasteiger charge is -2.22. The zero-order valence-corrected chi connectivity index (χ0v) is 22.9. The Balaban J connectivity index is 1.17. The summed E-state index contributed by atoms with van der Waals surface area (Å²) in [5, 5.41) is 5.83. The van der Waals surface area contributed by atoms with Crippen molar-refractivity contribution < 1.29 is 4.39 Å². The first-order valence-corrected chi connectivity index (χ1v) is 14.8. The molecule has 1 aliphatic carbocycles. The predicted octanol–water partition coefficient (Wildman–Crippen LogP) is 8.85. The fraction of sp³-hybridized carbons (Fsp3) is 0.194. The highest BCUT2D eigenvalue weighted by Gasteiger charge is 2.16. The molecular weight excluding hydrogens is 526 g/mol. The van der Waals surface area contributed by atoms with Crippen molar-refractivity contribution in [1.82, 2.24) is 15.0 Å². The molecule has 2 aromatic heterocycles. The first-order valence-electron chi connectivity index (χ1n) is 13.1. The molecule has 0 spiro atoms. The number of anilines is 2. The zero-order valence-electron chi connectivity index (χ0n) is 21.3. The summed E-state index contributed by atoms with van der Waals surface area (Å²) in [6, 6.07) is 23.9. The Hall–Kier alpha value is -3.62. The third-order valence-electron chi connectivity index (χ3n) is 6.83. The molecule has 0 aliphatic heterocycles. The maximum atomic E-state index is 15.3. The fourth-order valence-electron chi connectivity index (χ4n) is 4.83. The smallest absolute Gasteiger partial charge is 0.223 e. The number of benzene rings is 3. The number of fused-ring (bicyclic) bond motifs is 1. The van der Waals surface area contributed by atoms with Crippen LogP contribution >= 0.6 is 23.7 Å². The quantitative estimate of drug-likeness (QED) is 0.186. The molecule has 0 amide bonds. The van der Waals surface area contributed by atoms with Gasteiger partial charge in [0.15, 0.2) is 0 Å². The van der Waals surface area contributed by atoms with Crippen molar-refractivity contribution in [3.05, 3.63) is 97.2 Å². The highest BCUT2D eigenvalue weighted by Crippen LogP contribution is 2.37. The molecule has 1 saturated carbocycles. The third-order valence-corrected chi connectivity index (χ3v) is 8.87. The molecule has 2 heterocycles. The molecule has 3 aromatic carbocycles. The largest absolute Gasteiger partial charge is 0.351 e. The fourth-order valence-corrected chi connectivity index (χ4v) is 6.56. The summed E-state index contributed by atoms with van der Waals surface area (Å²) in [6.07, 6.45) is 11.3. The maximum Gasteiger partial charge on any atom is 0.223 e. The van der Waals surface area contributed by atoms with Crippen molar-refractivity contribution in [2.45, 2.75) is 52.8 Å². The van der Waals surface area contributed by atoms with E-state index in [1.54, 1.807) is 18.6 Å². The van der Waals surface area contributed by atoms with E-state index in [4.69, 9.17) is 4.98 Å². The Bertz CT molecular complexity index is 1580. The normalized spacial score (nSPS) is 13.9. The minimum atomic E-state index is -0.284. The van der Waals surface area contributed by atoms with E-state index in [0.717, 1.165) is 39.3 Å². The molecule has 196 valence electrons. The van der Waals surface area contributed by atoms with E-state index < -0.39 is 0 Å². The highest BCUT2D eigenvalue weighted by molar-refractivity contribution is 8.00. The molecule has 2 N–H and O–H groups in total. The van der Waals surface area contributed by atoms with E-state index in [1.165, 1.54) is 54.4 Å². The Labute approximate surface area is 236 Å². The summed E-state index contributed by atoms with van der Waals surface area (Å²) in [7, 11) is 0. The second kappa shape index (κ2) is 12.1. The second-order valence-corrected chi connectivity index (χ2v) is 11.5. The van der Waals surface area contributed by atoms with Crippen molar-refractivity contribution in [1.29, 1.82) is 0 Å². The molecule has 6 rings (SSSR count). The lowest BCUT2D eigenvalue weighted by atomic mass is 9.96. The third kappa shape index (κ3) is 6.18. The van der Waals surface area contributed by atoms with E-state index in [1.807, 2.05) is 42.5 Å². The predicted molar refractivity (Wildman–Crippen MR) is 160 cm³/mol. The van der Waals surface area contributed by atoms with Gasteiger partial charge < -0.3 is 10.0 Å². The number of nitrogens with zero attached hydrogens (tertiary/aromatic N) is 3. The van der Waals surface area contributed by atoms with Crippen LogP contribution in [-0.4, -0.2) is 21.0 Å². The van der Waals surface area contributed by atoms with Gasteiger partial charge in [-0.2, -0.15) is 0 Å². The molecule has 0 bridgehead atoms. The van der Waals surface area contributed by atoms with Crippen molar-refractivity contribution in [2.75, 3.05) is 10.0 Å². The highest BCUT2D eigenvalue weighted by atomic mass is 32.2. The van der Waals surface area contributed by atoms with Gasteiger partial charge in [-0.3, -0.25) is 4.98 Å². The summed E-state index contributed by atoms with van der Waals surface area (Å²) in [4.78, 5) is 16.0. The van der Waals surface area contributed by atoms with Gasteiger partial charge in [0, 0.05) is 50.6 Å². The lowest BCUT2D eigenvalue weighted by molar-refractivity contribution is 0.461. The van der Waals surface area contributed by atoms with Gasteiger partial charge in [0.1, 0.15) is 5.82 Å². The summed E-state index contributed by atoms with van der Waals surface area (Å²) in [5.74, 6) is 0.345. The van der Waals surface area contributed by atoms with Gasteiger partial charge in [-0.05, 0) is 72.0 Å². The molecule has 0 unspecified atom stereocenters. The zero-order chi connectivity index (χ0) is 26.4. The Morgan fingerprint density at radius 2 is 1.69 bits per heavy atom. The van der Waals surface area contributed by atoms with Gasteiger partial charge in [0.25, 0.3) is 0 Å². The van der Waals surface area contributed by atoms with Gasteiger partial charge >= 0.3 is 0 Å². The van der Waals surface area contributed by atoms with E-state index in [2.05, 4.69) is 44.3 Å². The molecule has 5 nitrogen and oxygen atoms in total. The van der Waals surface area contributed by atoms with Crippen LogP contribution in [0, 0.1) is 5.82 Å². The molecule has 0 atom stereocenters. The number of halogens is 1. The summed E-state index contributed by atoms with van der Waals surface area (Å²) >= 11 is 2.85. The van der Waals surface area contributed by atoms with Crippen LogP contribution in [0.4, 0.5) is 16.0 Å². The molecular formula is C31H28FN5S2.